The van der Waals surface area contributed by atoms with Crippen molar-refractivity contribution in [2.24, 2.45) is 0 Å². The first-order valence-electron chi connectivity index (χ1n) is 6.66. The van der Waals surface area contributed by atoms with Gasteiger partial charge in [0.2, 0.25) is 0 Å². The van der Waals surface area contributed by atoms with Crippen molar-refractivity contribution in [3.05, 3.63) is 16.7 Å². The molecule has 0 aliphatic heterocycles. The predicted molar refractivity (Wildman–Crippen MR) is 72.1 cm³/mol. The number of imidazole rings is 1. The van der Waals surface area contributed by atoms with Gasteiger partial charge in [-0.3, -0.25) is 4.79 Å². The number of H-pyrrole nitrogens is 1. The normalized spacial score (nSPS) is 16.7. The van der Waals surface area contributed by atoms with Gasteiger partial charge in [0.05, 0.1) is 13.0 Å². The number of rotatable bonds is 4. The van der Waals surface area contributed by atoms with Crippen LogP contribution in [-0.2, 0) is 16.0 Å². The summed E-state index contributed by atoms with van der Waals surface area (Å²) in [6.07, 6.45) is 8.49. The van der Waals surface area contributed by atoms with Gasteiger partial charge in [-0.25, -0.2) is 0 Å². The van der Waals surface area contributed by atoms with Crippen molar-refractivity contribution in [1.29, 1.82) is 0 Å². The standard InChI is InChI=1S/C13H20N2O2S/c1-2-17-12(16)8-10-9-15(13(18)14-10)11-6-4-3-5-7-11/h9,11H,2-8H2,1H3,(H,14,18). The molecule has 0 spiro atoms. The van der Waals surface area contributed by atoms with Crippen molar-refractivity contribution in [1.82, 2.24) is 9.55 Å². The van der Waals surface area contributed by atoms with Gasteiger partial charge in [-0.15, -0.1) is 0 Å². The second kappa shape index (κ2) is 6.18. The molecule has 0 amide bonds. The van der Waals surface area contributed by atoms with Crippen molar-refractivity contribution >= 4 is 18.2 Å². The monoisotopic (exact) mass is 268 g/mol. The van der Waals surface area contributed by atoms with Gasteiger partial charge in [-0.05, 0) is 32.0 Å². The minimum absolute atomic E-state index is 0.204. The summed E-state index contributed by atoms with van der Waals surface area (Å²) in [6.45, 7) is 2.23. The number of nitrogens with zero attached hydrogens (tertiary/aromatic N) is 1. The van der Waals surface area contributed by atoms with E-state index in [0.29, 0.717) is 12.6 Å². The van der Waals surface area contributed by atoms with Crippen LogP contribution in [0.25, 0.3) is 0 Å². The van der Waals surface area contributed by atoms with Crippen LogP contribution in [0.2, 0.25) is 0 Å². The van der Waals surface area contributed by atoms with E-state index in [0.717, 1.165) is 10.5 Å². The van der Waals surface area contributed by atoms with Crippen LogP contribution in [0.15, 0.2) is 6.20 Å². The molecule has 100 valence electrons. The molecular weight excluding hydrogens is 248 g/mol. The zero-order valence-corrected chi connectivity index (χ0v) is 11.6. The van der Waals surface area contributed by atoms with Gasteiger partial charge in [0.15, 0.2) is 4.77 Å². The highest BCUT2D eigenvalue weighted by molar-refractivity contribution is 7.71. The molecule has 2 rings (SSSR count). The first kappa shape index (κ1) is 13.3. The Morgan fingerprint density at radius 3 is 2.89 bits per heavy atom. The first-order chi connectivity index (χ1) is 8.70. The lowest BCUT2D eigenvalue weighted by Crippen LogP contribution is -2.12. The smallest absolute Gasteiger partial charge is 0.311 e. The molecule has 0 atom stereocenters. The summed E-state index contributed by atoms with van der Waals surface area (Å²) in [7, 11) is 0. The fourth-order valence-corrected chi connectivity index (χ4v) is 2.88. The highest BCUT2D eigenvalue weighted by Gasteiger charge is 2.17. The maximum Gasteiger partial charge on any atom is 0.311 e. The average Bonchev–Trinajstić information content (AvgIpc) is 2.71. The molecule has 1 aliphatic carbocycles. The summed E-state index contributed by atoms with van der Waals surface area (Å²) in [5.74, 6) is -0.204. The van der Waals surface area contributed by atoms with Crippen molar-refractivity contribution in [3.63, 3.8) is 0 Å². The lowest BCUT2D eigenvalue weighted by molar-refractivity contribution is -0.142. The molecule has 0 bridgehead atoms. The quantitative estimate of drug-likeness (QED) is 0.674. The van der Waals surface area contributed by atoms with E-state index in [1.807, 2.05) is 13.1 Å². The fourth-order valence-electron chi connectivity index (χ4n) is 2.55. The van der Waals surface area contributed by atoms with E-state index in [-0.39, 0.29) is 12.4 Å². The van der Waals surface area contributed by atoms with Crippen molar-refractivity contribution in [2.45, 2.75) is 51.5 Å². The number of ether oxygens (including phenoxy) is 1. The first-order valence-corrected chi connectivity index (χ1v) is 7.07. The van der Waals surface area contributed by atoms with Crippen LogP contribution in [0.5, 0.6) is 0 Å². The van der Waals surface area contributed by atoms with Gasteiger partial charge < -0.3 is 14.3 Å². The highest BCUT2D eigenvalue weighted by atomic mass is 32.1. The summed E-state index contributed by atoms with van der Waals surface area (Å²) in [5.41, 5.74) is 0.851. The molecular formula is C13H20N2O2S. The fraction of sp³-hybridized carbons (Fsp3) is 0.692. The molecule has 5 heteroatoms. The minimum Gasteiger partial charge on any atom is -0.466 e. The van der Waals surface area contributed by atoms with E-state index in [1.54, 1.807) is 0 Å². The lowest BCUT2D eigenvalue weighted by Gasteiger charge is -2.22. The van der Waals surface area contributed by atoms with E-state index in [9.17, 15) is 4.79 Å². The highest BCUT2D eigenvalue weighted by Crippen LogP contribution is 2.28. The molecule has 1 aliphatic rings. The second-order valence-electron chi connectivity index (χ2n) is 4.77. The Labute approximate surface area is 112 Å². The molecule has 1 saturated carbocycles. The van der Waals surface area contributed by atoms with Crippen LogP contribution >= 0.6 is 12.2 Å². The minimum atomic E-state index is -0.204. The summed E-state index contributed by atoms with van der Waals surface area (Å²) < 4.78 is 7.78. The SMILES string of the molecule is CCOC(=O)Cc1cn(C2CCCCC2)c(=S)[nH]1. The summed E-state index contributed by atoms with van der Waals surface area (Å²) in [5, 5.41) is 0. The Balaban J connectivity index is 2.06. The van der Waals surface area contributed by atoms with Crippen molar-refractivity contribution in [3.8, 4) is 0 Å². The van der Waals surface area contributed by atoms with Crippen LogP contribution in [0.1, 0.15) is 50.8 Å². The number of esters is 1. The maximum absolute atomic E-state index is 11.4. The molecule has 1 heterocycles. The van der Waals surface area contributed by atoms with E-state index in [4.69, 9.17) is 17.0 Å². The third-order valence-corrected chi connectivity index (χ3v) is 3.72. The molecule has 1 aromatic rings. The number of nitrogens with one attached hydrogen (secondary N) is 1. The van der Waals surface area contributed by atoms with Gasteiger partial charge >= 0.3 is 5.97 Å². The Bertz CT molecular complexity index is 458. The summed E-state index contributed by atoms with van der Waals surface area (Å²) in [6, 6.07) is 0.499. The topological polar surface area (TPSA) is 47.0 Å². The van der Waals surface area contributed by atoms with E-state index >= 15 is 0 Å². The number of hydrogen-bond acceptors (Lipinski definition) is 3. The van der Waals surface area contributed by atoms with Crippen LogP contribution in [0.4, 0.5) is 0 Å². The summed E-state index contributed by atoms with van der Waals surface area (Å²) >= 11 is 5.33. The molecule has 0 radical (unpaired) electrons. The number of carbonyl (C=O) groups is 1. The Morgan fingerprint density at radius 1 is 1.50 bits per heavy atom. The van der Waals surface area contributed by atoms with Gasteiger partial charge in [0.1, 0.15) is 0 Å². The van der Waals surface area contributed by atoms with Crippen LogP contribution in [0.3, 0.4) is 0 Å². The molecule has 4 nitrogen and oxygen atoms in total. The zero-order chi connectivity index (χ0) is 13.0. The number of carbonyl (C=O) groups excluding carboxylic acids is 1. The van der Waals surface area contributed by atoms with Crippen LogP contribution in [-0.4, -0.2) is 22.1 Å². The van der Waals surface area contributed by atoms with E-state index in [1.165, 1.54) is 32.1 Å². The molecule has 1 fully saturated rings. The number of aromatic amines is 1. The number of hydrogen-bond donors (Lipinski definition) is 1. The molecule has 1 aromatic heterocycles. The van der Waals surface area contributed by atoms with Gasteiger partial charge in [0, 0.05) is 17.9 Å². The van der Waals surface area contributed by atoms with Crippen LogP contribution < -0.4 is 0 Å². The zero-order valence-electron chi connectivity index (χ0n) is 10.8. The number of aromatic nitrogens is 2. The van der Waals surface area contributed by atoms with Gasteiger partial charge in [-0.2, -0.15) is 0 Å². The largest absolute Gasteiger partial charge is 0.466 e. The Hall–Kier alpha value is -1.10. The Kier molecular flexibility index (Phi) is 4.58. The van der Waals surface area contributed by atoms with Crippen LogP contribution in [0, 0.1) is 4.77 Å². The Morgan fingerprint density at radius 2 is 2.22 bits per heavy atom. The van der Waals surface area contributed by atoms with Crippen molar-refractivity contribution in [2.75, 3.05) is 6.61 Å². The van der Waals surface area contributed by atoms with Crippen molar-refractivity contribution < 1.29 is 9.53 Å². The van der Waals surface area contributed by atoms with Gasteiger partial charge in [0.25, 0.3) is 0 Å². The average molecular weight is 268 g/mol. The predicted octanol–water partition coefficient (Wildman–Crippen LogP) is 3.16. The second-order valence-corrected chi connectivity index (χ2v) is 5.15. The molecule has 1 N–H and O–H groups in total. The molecule has 0 unspecified atom stereocenters. The summed E-state index contributed by atoms with van der Waals surface area (Å²) in [4.78, 5) is 14.5. The third kappa shape index (κ3) is 3.22. The van der Waals surface area contributed by atoms with Gasteiger partial charge in [-0.1, -0.05) is 19.3 Å². The van der Waals surface area contributed by atoms with E-state index < -0.39 is 0 Å². The molecule has 0 saturated heterocycles. The third-order valence-electron chi connectivity index (χ3n) is 3.41. The lowest BCUT2D eigenvalue weighted by atomic mass is 9.95. The molecule has 18 heavy (non-hydrogen) atoms. The maximum atomic E-state index is 11.4. The molecule has 0 aromatic carbocycles. The van der Waals surface area contributed by atoms with E-state index in [2.05, 4.69) is 9.55 Å².